The molecule has 29 nitrogen and oxygen atoms in total. The molecule has 0 unspecified atom stereocenters. The van der Waals surface area contributed by atoms with Crippen LogP contribution in [0.4, 0.5) is 17.5 Å². The molecule has 2 aliphatic rings. The Bertz CT molecular complexity index is 6180. The van der Waals surface area contributed by atoms with Crippen LogP contribution < -0.4 is 27.4 Å². The van der Waals surface area contributed by atoms with E-state index >= 15 is 0 Å². The summed E-state index contributed by atoms with van der Waals surface area (Å²) < 4.78 is 32.8. The Balaban J connectivity index is 0.000000241. The average molecular weight is 2210 g/mol. The van der Waals surface area contributed by atoms with E-state index in [9.17, 15) is 14.4 Å². The molecule has 11 heterocycles. The number of anilines is 3. The number of amides is 2. The fourth-order valence-electron chi connectivity index (χ4n) is 11.6. The van der Waals surface area contributed by atoms with Gasteiger partial charge in [-0.2, -0.15) is 25.5 Å². The maximum absolute atomic E-state index is 11.4. The van der Waals surface area contributed by atoms with Gasteiger partial charge in [0.25, 0.3) is 11.9 Å². The number of rotatable bonds is 13. The number of nitrogens with one attached hydrogen (secondary N) is 5. The second-order valence-electron chi connectivity index (χ2n) is 30.8. The van der Waals surface area contributed by atoms with Gasteiger partial charge in [-0.25, -0.2) is 24.3 Å². The van der Waals surface area contributed by atoms with Gasteiger partial charge in [0.15, 0.2) is 0 Å². The molecule has 9 aromatic heterocycles. The zero-order valence-electron chi connectivity index (χ0n) is 75.0. The Labute approximate surface area is 845 Å². The number of ketones is 1. The Morgan fingerprint density at radius 1 is 0.519 bits per heavy atom. The van der Waals surface area contributed by atoms with Crippen molar-refractivity contribution in [3.05, 3.63) is 279 Å². The number of aromatic amines is 3. The zero-order chi connectivity index (χ0) is 97.5. The molecule has 9 N–H and O–H groups in total. The van der Waals surface area contributed by atoms with Crippen LogP contribution in [0.5, 0.6) is 0 Å². The molecular formula is C91H96B3Br2Cl5CuIN18O11S. The van der Waals surface area contributed by atoms with Crippen LogP contribution in [0.25, 0.3) is 67.7 Å². The predicted molar refractivity (Wildman–Crippen MR) is 544 cm³/mol. The summed E-state index contributed by atoms with van der Waals surface area (Å²) >= 11 is 42.7. The zero-order valence-corrected chi connectivity index (χ0v) is 86.0. The number of nitrogens with two attached hydrogens (primary N) is 1. The van der Waals surface area contributed by atoms with Crippen LogP contribution >= 0.6 is 125 Å². The van der Waals surface area contributed by atoms with Crippen LogP contribution in [0, 0.1) is 24.3 Å². The summed E-state index contributed by atoms with van der Waals surface area (Å²) in [4.78, 5) is 69.1. The summed E-state index contributed by atoms with van der Waals surface area (Å²) in [6, 6.07) is 52.8. The van der Waals surface area contributed by atoms with Gasteiger partial charge in [-0.05, 0) is 226 Å². The van der Waals surface area contributed by atoms with Crippen LogP contribution in [0.3, 0.4) is 0 Å². The summed E-state index contributed by atoms with van der Waals surface area (Å²) in [5, 5.41) is 53.4. The van der Waals surface area contributed by atoms with Crippen molar-refractivity contribution in [1.82, 2.24) is 70.1 Å². The number of H-pyrrole nitrogens is 3. The number of aromatic nitrogens is 14. The number of Topliss-reactive ketones (excluding diaryl/α,β-unsaturated/α-hetero) is 1. The number of benzene rings is 5. The molecule has 133 heavy (non-hydrogen) atoms. The monoisotopic (exact) mass is 2200 g/mol. The van der Waals surface area contributed by atoms with Crippen molar-refractivity contribution < 1.29 is 69.9 Å². The smallest absolute Gasteiger partial charge is 0 e. The van der Waals surface area contributed by atoms with Crippen molar-refractivity contribution in [3.63, 3.8) is 0 Å². The maximum Gasteiger partial charge on any atom is 0 e. The molecule has 2 fully saturated rings. The molecule has 0 bridgehead atoms. The number of halogens is 8. The number of thiol groups is 1. The maximum atomic E-state index is 11.4. The van der Waals surface area contributed by atoms with Crippen LogP contribution in [0.1, 0.15) is 112 Å². The first-order chi connectivity index (χ1) is 62.3. The van der Waals surface area contributed by atoms with Gasteiger partial charge in [0.05, 0.1) is 86.7 Å². The van der Waals surface area contributed by atoms with Gasteiger partial charge < -0.3 is 45.2 Å². The molecule has 0 aliphatic carbocycles. The number of hydrogen-bond acceptors (Lipinski definition) is 21. The summed E-state index contributed by atoms with van der Waals surface area (Å²) in [5.74, 6) is -0.593. The van der Waals surface area contributed by atoms with E-state index in [2.05, 4.69) is 145 Å². The summed E-state index contributed by atoms with van der Waals surface area (Å²) in [6.07, 6.45) is 14.4. The van der Waals surface area contributed by atoms with Gasteiger partial charge in [-0.1, -0.05) is 149 Å². The third-order valence-electron chi connectivity index (χ3n) is 19.3. The Morgan fingerprint density at radius 2 is 0.940 bits per heavy atom. The molecule has 0 atom stereocenters. The van der Waals surface area contributed by atoms with E-state index in [0.29, 0.717) is 50.3 Å². The van der Waals surface area contributed by atoms with Gasteiger partial charge in [0, 0.05) is 154 Å². The molecule has 2 amide bonds. The van der Waals surface area contributed by atoms with E-state index in [4.69, 9.17) is 107 Å². The number of nitrogen functional groups attached to an aromatic ring is 1. The molecule has 16 rings (SSSR count). The first-order valence-electron chi connectivity index (χ1n) is 40.0. The van der Waals surface area contributed by atoms with E-state index in [1.165, 1.54) is 13.8 Å². The number of pyridine rings is 4. The number of aryl methyl sites for hydroxylation is 3. The molecule has 698 valence electrons. The third-order valence-corrected chi connectivity index (χ3v) is 23.4. The number of nitrogens with zero attached hydrogens (tertiary/aromatic N) is 12. The number of carboxylic acid groups (broad SMARTS) is 2. The van der Waals surface area contributed by atoms with E-state index in [1.54, 1.807) is 71.7 Å². The van der Waals surface area contributed by atoms with E-state index in [1.807, 2.05) is 240 Å². The first-order valence-corrected chi connectivity index (χ1v) is 45.0. The Hall–Kier alpha value is -10.1. The second-order valence-corrected chi connectivity index (χ2v) is 35.9. The van der Waals surface area contributed by atoms with E-state index in [-0.39, 0.29) is 64.2 Å². The number of hydrogen-bond donors (Lipinski definition) is 9. The number of carbonyl (C=O) groups excluding carboxylic acids is 3. The predicted octanol–water partition coefficient (Wildman–Crippen LogP) is 21.2. The average Bonchev–Trinajstić information content (AvgIpc) is 1.61. The molecule has 2 radical (unpaired) electrons. The minimum absolute atomic E-state index is 0. The second kappa shape index (κ2) is 52.7. The van der Waals surface area contributed by atoms with E-state index < -0.39 is 19.1 Å². The van der Waals surface area contributed by atoms with Crippen molar-refractivity contribution in [1.29, 1.82) is 0 Å². The van der Waals surface area contributed by atoms with E-state index in [0.717, 1.165) is 126 Å². The minimum Gasteiger partial charge on any atom is 0 e. The van der Waals surface area contributed by atoms with Crippen molar-refractivity contribution >= 4 is 205 Å². The van der Waals surface area contributed by atoms with Crippen molar-refractivity contribution in [2.45, 2.75) is 140 Å². The van der Waals surface area contributed by atoms with Gasteiger partial charge in [0.2, 0.25) is 11.8 Å². The van der Waals surface area contributed by atoms with Crippen molar-refractivity contribution in [3.8, 4) is 67.7 Å². The Kier molecular flexibility index (Phi) is 44.3. The molecular weight excluding hydrogens is 2110 g/mol. The Morgan fingerprint density at radius 3 is 1.35 bits per heavy atom. The fraction of sp³-hybridized carbons (Fsp3) is 0.231. The third kappa shape index (κ3) is 33.8. The molecule has 14 aromatic rings. The van der Waals surface area contributed by atoms with Gasteiger partial charge >= 0.3 is 39.0 Å². The molecule has 2 aliphatic heterocycles. The van der Waals surface area contributed by atoms with Crippen molar-refractivity contribution in [2.75, 3.05) is 16.4 Å². The SMILES string of the molecule is CC(=O)Cc1cc(B2OC(C)(C)C(C)(C)O2)c(C)cn1.CC(=O)Nc1cc(-n2cc(-c3cccc(N)n3)c(-c3ccccc3Cl)n2)c(C)cn1.CC(=O)Nc1cc(-n2cc(Br)c(-c3ccccc3Cl)n2)c(C)cn1.CC(=O)O.CC(=O)O.CC1(C)OB(c2ccn[nH]2)OC1(C)C.Clc1ccccc1-c1[nH]ncc1Br.Clc1ccccc1-c1ccn[nH]1.Clc1ccccc1I.[B]=NS.[Cu]. The van der Waals surface area contributed by atoms with Gasteiger partial charge in [0.1, 0.15) is 34.6 Å². The minimum atomic E-state index is -0.833. The van der Waals surface area contributed by atoms with Crippen LogP contribution in [0.2, 0.25) is 25.1 Å². The topological polar surface area (TPSA) is 398 Å². The summed E-state index contributed by atoms with van der Waals surface area (Å²) in [5.41, 5.74) is 19.9. The van der Waals surface area contributed by atoms with Crippen LogP contribution in [0.15, 0.2) is 233 Å². The first kappa shape index (κ1) is 112. The number of aliphatic carboxylic acids is 2. The quantitative estimate of drug-likeness (QED) is 0.0294. The summed E-state index contributed by atoms with van der Waals surface area (Å²) in [7, 11) is 3.60. The standard InChI is InChI=1S/C22H19ClN6O.C17H14BrClN4O.C15H22BNO3.C9H15BN2O2.C9H6BrClN2.C9H7ClN2.C6H4ClI.2C2H4O2.BHNS.Cu/c1-13-11-25-21(26-14(2)30)10-19(13)29-12-16(18-8-5-9-20(24)27-18)22(28-29)15-6-3-4-7-17(15)23;1-10-8-20-16(21-11(2)24)7-15(10)23-9-13(18)17(22-23)12-5-3-4-6-14(12)19;1-10-9-17-12(7-11(2)18)8-13(10)16-19-14(3,4)15(5,6)20-16;1-8(2)9(3,4)14-10(13-8)7-5-6-11-12-7;10-7-5-12-13-9(7)6-3-1-2-4-8(6)11;10-8-4-2-1-3-7(8)9-5-6-11-12-9;7-5-3-1-2-4-6(5)8;2*1-2(3)4;1-2-3;/h3-12H,1-2H3,(H2,24,27)(H,25,26,30);3-9H,1-2H3,(H,20,21,24);8-9H,7H2,1-6H3;5-6H,1-4H3,(H,11,12);1-5H,(H,12,13);1-6H,(H,11,12);1-4H;2*1H3,(H,3,4);3H;. The normalized spacial score (nSPS) is 12.9. The van der Waals surface area contributed by atoms with Crippen molar-refractivity contribution in [2.24, 2.45) is 4.30 Å². The van der Waals surface area contributed by atoms with Crippen LogP contribution in [-0.2, 0) is 66.1 Å². The largest absolute Gasteiger partial charge is 0 e. The molecule has 5 aromatic carbocycles. The fourth-order valence-corrected chi connectivity index (χ4v) is 14.0. The van der Waals surface area contributed by atoms with Crippen LogP contribution in [-0.4, -0.2) is 154 Å². The van der Waals surface area contributed by atoms with Gasteiger partial charge in [-0.3, -0.25) is 44.3 Å². The molecule has 0 saturated carbocycles. The molecule has 2 saturated heterocycles. The summed E-state index contributed by atoms with van der Waals surface area (Å²) in [6.45, 7) is 28.7. The number of carbonyl (C=O) groups is 5. The molecule has 0 spiro atoms. The van der Waals surface area contributed by atoms with Gasteiger partial charge in [-0.15, -0.1) is 0 Å². The number of carboxylic acids is 2. The molecule has 42 heteroatoms.